The van der Waals surface area contributed by atoms with E-state index < -0.39 is 6.04 Å². The fraction of sp³-hybridized carbons (Fsp3) is 0.852. The van der Waals surface area contributed by atoms with Crippen LogP contribution in [0.3, 0.4) is 0 Å². The van der Waals surface area contributed by atoms with E-state index in [1.54, 1.807) is 0 Å². The first kappa shape index (κ1) is 21.5. The van der Waals surface area contributed by atoms with Crippen molar-refractivity contribution in [1.82, 2.24) is 4.90 Å². The van der Waals surface area contributed by atoms with E-state index in [0.717, 1.165) is 55.4 Å². The van der Waals surface area contributed by atoms with Gasteiger partial charge in [-0.05, 0) is 93.3 Å². The van der Waals surface area contributed by atoms with E-state index >= 15 is 0 Å². The van der Waals surface area contributed by atoms with Crippen molar-refractivity contribution in [2.45, 2.75) is 96.9 Å². The van der Waals surface area contributed by atoms with Crippen LogP contribution in [0.5, 0.6) is 0 Å². The molecule has 1 aliphatic heterocycles. The van der Waals surface area contributed by atoms with Gasteiger partial charge in [-0.2, -0.15) is 0 Å². The van der Waals surface area contributed by atoms with Crippen LogP contribution in [0.4, 0.5) is 0 Å². The molecule has 0 radical (unpaired) electrons. The number of carbonyl (C=O) groups is 2. The van der Waals surface area contributed by atoms with Gasteiger partial charge < -0.3 is 9.64 Å². The number of nitrogens with zero attached hydrogens (tertiary/aromatic N) is 1. The van der Waals surface area contributed by atoms with E-state index in [1.165, 1.54) is 52.1 Å². The standard InChI is InChI=1S/C27H41NO3/c1-26-15-6-4-8-18(26)10-11-19-20-12-13-22(27(20,2)16-14-21(19)26)24(29)28-17-7-5-9-23(28)25(30)31-3/h13,18-21,23H,4-12,14-17H2,1-3H3/t18?,19-,20-,21-,23?,26-,27-/m0/s1. The van der Waals surface area contributed by atoms with Crippen molar-refractivity contribution in [2.75, 3.05) is 13.7 Å². The summed E-state index contributed by atoms with van der Waals surface area (Å²) in [6.07, 6.45) is 16.9. The summed E-state index contributed by atoms with van der Waals surface area (Å²) < 4.78 is 5.04. The summed E-state index contributed by atoms with van der Waals surface area (Å²) in [4.78, 5) is 28.0. The average molecular weight is 428 g/mol. The molecule has 7 atom stereocenters. The van der Waals surface area contributed by atoms with Crippen molar-refractivity contribution in [3.63, 3.8) is 0 Å². The van der Waals surface area contributed by atoms with E-state index in [2.05, 4.69) is 19.9 Å². The molecule has 5 rings (SSSR count). The third-order valence-electron chi connectivity index (χ3n) is 10.6. The molecular formula is C27H41NO3. The predicted molar refractivity (Wildman–Crippen MR) is 121 cm³/mol. The third kappa shape index (κ3) is 3.22. The molecule has 0 aromatic rings. The number of allylic oxidation sites excluding steroid dienone is 1. The number of ether oxygens (including phenoxy) is 1. The topological polar surface area (TPSA) is 46.6 Å². The Labute approximate surface area is 188 Å². The van der Waals surface area contributed by atoms with Gasteiger partial charge in [0, 0.05) is 17.5 Å². The van der Waals surface area contributed by atoms with Gasteiger partial charge in [-0.3, -0.25) is 4.79 Å². The van der Waals surface area contributed by atoms with E-state index in [9.17, 15) is 9.59 Å². The molecule has 1 amide bonds. The molecule has 3 saturated carbocycles. The zero-order chi connectivity index (χ0) is 21.8. The second-order valence-corrected chi connectivity index (χ2v) is 11.7. The van der Waals surface area contributed by atoms with Crippen molar-refractivity contribution in [3.05, 3.63) is 11.6 Å². The number of rotatable bonds is 2. The number of fused-ring (bicyclic) bond motifs is 5. The first-order valence-corrected chi connectivity index (χ1v) is 13.0. The van der Waals surface area contributed by atoms with E-state index in [-0.39, 0.29) is 17.3 Å². The van der Waals surface area contributed by atoms with E-state index in [0.29, 0.717) is 17.9 Å². The van der Waals surface area contributed by atoms with Gasteiger partial charge in [0.05, 0.1) is 7.11 Å². The summed E-state index contributed by atoms with van der Waals surface area (Å²) in [6, 6.07) is -0.400. The lowest BCUT2D eigenvalue weighted by atomic mass is 9.45. The van der Waals surface area contributed by atoms with Crippen molar-refractivity contribution in [2.24, 2.45) is 34.5 Å². The summed E-state index contributed by atoms with van der Waals surface area (Å²) in [7, 11) is 1.44. The van der Waals surface area contributed by atoms with Crippen LogP contribution >= 0.6 is 0 Å². The van der Waals surface area contributed by atoms with Crippen LogP contribution in [-0.2, 0) is 14.3 Å². The summed E-state index contributed by atoms with van der Waals surface area (Å²) in [5.41, 5.74) is 1.52. The minimum Gasteiger partial charge on any atom is -0.467 e. The molecule has 5 aliphatic rings. The van der Waals surface area contributed by atoms with Crippen LogP contribution in [0, 0.1) is 34.5 Å². The fourth-order valence-electron chi connectivity index (χ4n) is 8.90. The van der Waals surface area contributed by atoms with Crippen LogP contribution in [0.25, 0.3) is 0 Å². The molecule has 1 saturated heterocycles. The monoisotopic (exact) mass is 427 g/mol. The zero-order valence-corrected chi connectivity index (χ0v) is 19.8. The van der Waals surface area contributed by atoms with Gasteiger partial charge in [-0.15, -0.1) is 0 Å². The minimum absolute atomic E-state index is 0.0196. The van der Waals surface area contributed by atoms with E-state index in [4.69, 9.17) is 4.74 Å². The number of hydrogen-bond acceptors (Lipinski definition) is 3. The Kier molecular flexibility index (Phi) is 5.50. The molecule has 0 aromatic heterocycles. The number of piperidine rings is 1. The van der Waals surface area contributed by atoms with Gasteiger partial charge >= 0.3 is 5.97 Å². The van der Waals surface area contributed by atoms with Gasteiger partial charge in [0.15, 0.2) is 0 Å². The first-order valence-electron chi connectivity index (χ1n) is 13.0. The minimum atomic E-state index is -0.400. The lowest BCUT2D eigenvalue weighted by Gasteiger charge is -2.60. The Morgan fingerprint density at radius 2 is 1.77 bits per heavy atom. The van der Waals surface area contributed by atoms with Crippen LogP contribution in [-0.4, -0.2) is 36.5 Å². The van der Waals surface area contributed by atoms with E-state index in [1.807, 2.05) is 4.90 Å². The molecule has 4 aliphatic carbocycles. The molecule has 0 N–H and O–H groups in total. The molecule has 4 nitrogen and oxygen atoms in total. The highest BCUT2D eigenvalue weighted by Gasteiger charge is 2.59. The molecular weight excluding hydrogens is 386 g/mol. The van der Waals surface area contributed by atoms with Gasteiger partial charge in [0.1, 0.15) is 6.04 Å². The smallest absolute Gasteiger partial charge is 0.328 e. The third-order valence-corrected chi connectivity index (χ3v) is 10.6. The summed E-state index contributed by atoms with van der Waals surface area (Å²) >= 11 is 0. The lowest BCUT2D eigenvalue weighted by molar-refractivity contribution is -0.154. The molecule has 31 heavy (non-hydrogen) atoms. The van der Waals surface area contributed by atoms with Crippen molar-refractivity contribution < 1.29 is 14.3 Å². The van der Waals surface area contributed by atoms with Gasteiger partial charge in [-0.25, -0.2) is 4.79 Å². The Hall–Kier alpha value is -1.32. The predicted octanol–water partition coefficient (Wildman–Crippen LogP) is 5.51. The number of hydrogen-bond donors (Lipinski definition) is 0. The molecule has 0 aromatic carbocycles. The quantitative estimate of drug-likeness (QED) is 0.546. The second-order valence-electron chi connectivity index (χ2n) is 11.7. The van der Waals surface area contributed by atoms with Gasteiger partial charge in [0.25, 0.3) is 5.91 Å². The number of amides is 1. The fourth-order valence-corrected chi connectivity index (χ4v) is 8.90. The van der Waals surface area contributed by atoms with Crippen LogP contribution in [0.1, 0.15) is 90.9 Å². The maximum Gasteiger partial charge on any atom is 0.328 e. The Morgan fingerprint density at radius 3 is 2.58 bits per heavy atom. The molecule has 4 heteroatoms. The highest BCUT2D eigenvalue weighted by atomic mass is 16.5. The van der Waals surface area contributed by atoms with Crippen molar-refractivity contribution in [1.29, 1.82) is 0 Å². The average Bonchev–Trinajstić information content (AvgIpc) is 3.15. The van der Waals surface area contributed by atoms with Crippen molar-refractivity contribution >= 4 is 11.9 Å². The number of methoxy groups -OCH3 is 1. The zero-order valence-electron chi connectivity index (χ0n) is 19.8. The largest absolute Gasteiger partial charge is 0.467 e. The SMILES string of the molecule is COC(=O)C1CCCCN1C(=O)C1=CC[C@H]2[C@@H]3CCC4CCCC[C@]4(C)[C@H]3CC[C@]12C. The first-order chi connectivity index (χ1) is 14.9. The number of carbonyl (C=O) groups excluding carboxylic acids is 2. The Bertz CT molecular complexity index is 774. The number of likely N-dealkylation sites (tertiary alicyclic amines) is 1. The van der Waals surface area contributed by atoms with Gasteiger partial charge in [0.2, 0.25) is 0 Å². The second kappa shape index (κ2) is 7.92. The Balaban J connectivity index is 1.38. The normalized spacial score (nSPS) is 44.5. The van der Waals surface area contributed by atoms with Gasteiger partial charge in [-0.1, -0.05) is 32.8 Å². The maximum absolute atomic E-state index is 13.8. The molecule has 4 fully saturated rings. The van der Waals surface area contributed by atoms with Crippen LogP contribution in [0.2, 0.25) is 0 Å². The summed E-state index contributed by atoms with van der Waals surface area (Å²) in [5.74, 6) is 3.00. The summed E-state index contributed by atoms with van der Waals surface area (Å²) in [6.45, 7) is 5.67. The molecule has 0 spiro atoms. The molecule has 1 heterocycles. The maximum atomic E-state index is 13.8. The molecule has 172 valence electrons. The lowest BCUT2D eigenvalue weighted by Crippen LogP contribution is -2.54. The highest BCUT2D eigenvalue weighted by Crippen LogP contribution is 2.66. The highest BCUT2D eigenvalue weighted by molar-refractivity contribution is 5.98. The van der Waals surface area contributed by atoms with Crippen LogP contribution < -0.4 is 0 Å². The molecule has 2 unspecified atom stereocenters. The Morgan fingerprint density at radius 1 is 0.968 bits per heavy atom. The molecule has 0 bridgehead atoms. The summed E-state index contributed by atoms with van der Waals surface area (Å²) in [5, 5.41) is 0. The van der Waals surface area contributed by atoms with Crippen LogP contribution in [0.15, 0.2) is 11.6 Å². The number of esters is 1. The van der Waals surface area contributed by atoms with Crippen molar-refractivity contribution in [3.8, 4) is 0 Å².